The van der Waals surface area contributed by atoms with Crippen LogP contribution in [0, 0.1) is 55.4 Å². The summed E-state index contributed by atoms with van der Waals surface area (Å²) in [4.78, 5) is 11.6. The molecular formula is C21H30OSi. The third-order valence-electron chi connectivity index (χ3n) is 6.01. The topological polar surface area (TPSA) is 20.2 Å². The molecule has 23 heavy (non-hydrogen) atoms. The van der Waals surface area contributed by atoms with Crippen molar-refractivity contribution in [3.63, 3.8) is 0 Å². The van der Waals surface area contributed by atoms with Gasteiger partial charge in [0, 0.05) is 0 Å². The van der Waals surface area contributed by atoms with E-state index in [1.807, 2.05) is 0 Å². The van der Waals surface area contributed by atoms with Crippen molar-refractivity contribution in [3.05, 3.63) is 56.6 Å². The van der Waals surface area contributed by atoms with Crippen LogP contribution >= 0.6 is 0 Å². The standard InChI is InChI=1S/C21H30OSi/c1-12-10-20(18(7)16(5)14(12)3)23(9,22)21-11-13(2)15(4)17(6)19(21)8/h10-11,22H,1-9H3. The molecule has 124 valence electrons. The van der Waals surface area contributed by atoms with Crippen LogP contribution in [0.1, 0.15) is 44.5 Å². The fourth-order valence-corrected chi connectivity index (χ4v) is 6.70. The monoisotopic (exact) mass is 326 g/mol. The number of hydrogen-bond acceptors (Lipinski definition) is 1. The van der Waals surface area contributed by atoms with Gasteiger partial charge in [-0.1, -0.05) is 12.1 Å². The smallest absolute Gasteiger partial charge is 0.249 e. The third kappa shape index (κ3) is 2.79. The van der Waals surface area contributed by atoms with E-state index >= 15 is 0 Å². The molecule has 2 rings (SSSR count). The second-order valence-electron chi connectivity index (χ2n) is 7.30. The Labute approximate surface area is 142 Å². The van der Waals surface area contributed by atoms with Crippen LogP contribution in [0.4, 0.5) is 0 Å². The fraction of sp³-hybridized carbons (Fsp3) is 0.429. The van der Waals surface area contributed by atoms with Crippen molar-refractivity contribution >= 4 is 18.7 Å². The Morgan fingerprint density at radius 3 is 1.17 bits per heavy atom. The lowest BCUT2D eigenvalue weighted by atomic mass is 9.99. The minimum atomic E-state index is -2.72. The zero-order valence-corrected chi connectivity index (χ0v) is 17.1. The van der Waals surface area contributed by atoms with Gasteiger partial charge in [0.1, 0.15) is 0 Å². The average molecular weight is 327 g/mol. The maximum absolute atomic E-state index is 11.6. The normalized spacial score (nSPS) is 11.9. The number of benzene rings is 2. The van der Waals surface area contributed by atoms with Gasteiger partial charge in [0.15, 0.2) is 0 Å². The zero-order chi connectivity index (χ0) is 17.7. The molecule has 0 fully saturated rings. The van der Waals surface area contributed by atoms with Crippen LogP contribution in [-0.4, -0.2) is 13.1 Å². The Morgan fingerprint density at radius 1 is 0.565 bits per heavy atom. The minimum Gasteiger partial charge on any atom is -0.424 e. The van der Waals surface area contributed by atoms with Crippen LogP contribution in [0.5, 0.6) is 0 Å². The first kappa shape index (κ1) is 18.0. The highest BCUT2D eigenvalue weighted by molar-refractivity contribution is 6.96. The van der Waals surface area contributed by atoms with Gasteiger partial charge in [-0.2, -0.15) is 0 Å². The molecule has 0 saturated heterocycles. The van der Waals surface area contributed by atoms with Crippen LogP contribution in [0.3, 0.4) is 0 Å². The van der Waals surface area contributed by atoms with Crippen LogP contribution in [0.25, 0.3) is 0 Å². The highest BCUT2D eigenvalue weighted by Gasteiger charge is 2.34. The number of rotatable bonds is 2. The van der Waals surface area contributed by atoms with E-state index in [1.54, 1.807) is 0 Å². The maximum Gasteiger partial charge on any atom is 0.249 e. The molecule has 0 aliphatic heterocycles. The first-order valence-corrected chi connectivity index (χ1v) is 10.8. The molecule has 0 spiro atoms. The van der Waals surface area contributed by atoms with E-state index in [0.29, 0.717) is 0 Å². The summed E-state index contributed by atoms with van der Waals surface area (Å²) >= 11 is 0. The second kappa shape index (κ2) is 5.92. The SMILES string of the molecule is Cc1cc([Si](C)(O)c2cc(C)c(C)c(C)c2C)c(C)c(C)c1C. The van der Waals surface area contributed by atoms with Gasteiger partial charge in [0.05, 0.1) is 0 Å². The molecule has 2 aromatic rings. The average Bonchev–Trinajstić information content (AvgIpc) is 2.49. The van der Waals surface area contributed by atoms with Crippen molar-refractivity contribution in [2.24, 2.45) is 0 Å². The van der Waals surface area contributed by atoms with Crippen molar-refractivity contribution in [2.75, 3.05) is 0 Å². The van der Waals surface area contributed by atoms with Gasteiger partial charge in [-0.3, -0.25) is 0 Å². The quantitative estimate of drug-likeness (QED) is 0.832. The van der Waals surface area contributed by atoms with Gasteiger partial charge in [-0.05, 0) is 117 Å². The minimum absolute atomic E-state index is 1.16. The highest BCUT2D eigenvalue weighted by atomic mass is 28.4. The molecule has 0 heterocycles. The largest absolute Gasteiger partial charge is 0.424 e. The Hall–Kier alpha value is -1.38. The predicted octanol–water partition coefficient (Wildman–Crippen LogP) is 3.84. The van der Waals surface area contributed by atoms with Gasteiger partial charge < -0.3 is 4.80 Å². The van der Waals surface area contributed by atoms with E-state index in [9.17, 15) is 4.80 Å². The van der Waals surface area contributed by atoms with Gasteiger partial charge in [0.25, 0.3) is 0 Å². The van der Waals surface area contributed by atoms with E-state index in [2.05, 4.69) is 74.1 Å². The van der Waals surface area contributed by atoms with Crippen molar-refractivity contribution < 1.29 is 4.80 Å². The summed E-state index contributed by atoms with van der Waals surface area (Å²) in [7, 11) is -2.72. The van der Waals surface area contributed by atoms with Gasteiger partial charge in [-0.15, -0.1) is 0 Å². The van der Waals surface area contributed by atoms with Crippen LogP contribution in [-0.2, 0) is 0 Å². The Balaban J connectivity index is 2.79. The molecule has 1 nitrogen and oxygen atoms in total. The Kier molecular flexibility index (Phi) is 4.62. The number of hydrogen-bond donors (Lipinski definition) is 1. The summed E-state index contributed by atoms with van der Waals surface area (Å²) in [6, 6.07) is 4.43. The summed E-state index contributed by atoms with van der Waals surface area (Å²) in [5, 5.41) is 2.31. The maximum atomic E-state index is 11.6. The first-order chi connectivity index (χ1) is 10.5. The molecule has 0 unspecified atom stereocenters. The molecule has 0 aliphatic rings. The highest BCUT2D eigenvalue weighted by Crippen LogP contribution is 2.21. The molecule has 1 N–H and O–H groups in total. The third-order valence-corrected chi connectivity index (χ3v) is 9.15. The van der Waals surface area contributed by atoms with Gasteiger partial charge in [0.2, 0.25) is 8.32 Å². The van der Waals surface area contributed by atoms with Crippen molar-refractivity contribution in [1.29, 1.82) is 0 Å². The molecule has 0 atom stereocenters. The van der Waals surface area contributed by atoms with Gasteiger partial charge in [-0.25, -0.2) is 0 Å². The van der Waals surface area contributed by atoms with Crippen LogP contribution in [0.15, 0.2) is 12.1 Å². The van der Waals surface area contributed by atoms with Crippen molar-refractivity contribution in [3.8, 4) is 0 Å². The molecular weight excluding hydrogens is 296 g/mol. The van der Waals surface area contributed by atoms with Crippen LogP contribution < -0.4 is 10.4 Å². The summed E-state index contributed by atoms with van der Waals surface area (Å²) in [5.41, 5.74) is 10.3. The van der Waals surface area contributed by atoms with Crippen molar-refractivity contribution in [2.45, 2.75) is 61.9 Å². The first-order valence-electron chi connectivity index (χ1n) is 8.38. The molecule has 0 amide bonds. The molecule has 2 aromatic carbocycles. The summed E-state index contributed by atoms with van der Waals surface area (Å²) < 4.78 is 0. The summed E-state index contributed by atoms with van der Waals surface area (Å²) in [6.45, 7) is 19.4. The van der Waals surface area contributed by atoms with E-state index in [-0.39, 0.29) is 0 Å². The van der Waals surface area contributed by atoms with Crippen molar-refractivity contribution in [1.82, 2.24) is 0 Å². The molecule has 0 bridgehead atoms. The second-order valence-corrected chi connectivity index (χ2v) is 10.5. The van der Waals surface area contributed by atoms with E-state index in [1.165, 1.54) is 44.5 Å². The predicted molar refractivity (Wildman–Crippen MR) is 104 cm³/mol. The fourth-order valence-electron chi connectivity index (χ4n) is 3.58. The van der Waals surface area contributed by atoms with E-state index < -0.39 is 8.32 Å². The summed E-state index contributed by atoms with van der Waals surface area (Å²) in [5.74, 6) is 0. The van der Waals surface area contributed by atoms with E-state index in [0.717, 1.165) is 10.4 Å². The Morgan fingerprint density at radius 2 is 0.870 bits per heavy atom. The summed E-state index contributed by atoms with van der Waals surface area (Å²) in [6.07, 6.45) is 0. The van der Waals surface area contributed by atoms with Crippen LogP contribution in [0.2, 0.25) is 6.55 Å². The molecule has 0 aliphatic carbocycles. The molecule has 2 heteroatoms. The molecule has 0 aromatic heterocycles. The van der Waals surface area contributed by atoms with Gasteiger partial charge >= 0.3 is 0 Å². The lowest BCUT2D eigenvalue weighted by molar-refractivity contribution is 0.575. The number of aryl methyl sites for hydroxylation is 2. The lowest BCUT2D eigenvalue weighted by Gasteiger charge is -2.29. The Bertz CT molecular complexity index is 720. The van der Waals surface area contributed by atoms with E-state index in [4.69, 9.17) is 0 Å². The molecule has 0 radical (unpaired) electrons. The molecule has 0 saturated carbocycles. The lowest BCUT2D eigenvalue weighted by Crippen LogP contribution is -2.58. The zero-order valence-electron chi connectivity index (χ0n) is 16.1.